The van der Waals surface area contributed by atoms with Gasteiger partial charge in [-0.15, -0.1) is 11.8 Å². The van der Waals surface area contributed by atoms with Crippen molar-refractivity contribution in [1.29, 1.82) is 0 Å². The van der Waals surface area contributed by atoms with Gasteiger partial charge in [-0.05, 0) is 86.3 Å². The highest BCUT2D eigenvalue weighted by Crippen LogP contribution is 2.55. The van der Waals surface area contributed by atoms with Crippen molar-refractivity contribution in [2.24, 2.45) is 17.8 Å². The molecule has 2 aromatic rings. The summed E-state index contributed by atoms with van der Waals surface area (Å²) < 4.78 is 1.72. The number of aliphatic hydroxyl groups is 1. The molecule has 1 unspecified atom stereocenters. The predicted molar refractivity (Wildman–Crippen MR) is 121 cm³/mol. The number of rotatable bonds is 7. The van der Waals surface area contributed by atoms with Crippen molar-refractivity contribution in [2.45, 2.75) is 62.1 Å². The van der Waals surface area contributed by atoms with Crippen molar-refractivity contribution in [3.8, 4) is 5.69 Å². The van der Waals surface area contributed by atoms with Crippen LogP contribution in [-0.2, 0) is 0 Å². The second kappa shape index (κ2) is 8.23. The highest BCUT2D eigenvalue weighted by molar-refractivity contribution is 7.99. The van der Waals surface area contributed by atoms with Gasteiger partial charge in [-0.25, -0.2) is 9.48 Å². The lowest BCUT2D eigenvalue weighted by molar-refractivity contribution is -0.136. The predicted octanol–water partition coefficient (Wildman–Crippen LogP) is 3.74. The molecule has 0 saturated heterocycles. The van der Waals surface area contributed by atoms with Gasteiger partial charge in [0.25, 0.3) is 5.91 Å². The molecule has 6 rings (SSSR count). The molecular formula is C24H29N3O4S. The third-order valence-electron chi connectivity index (χ3n) is 7.31. The fourth-order valence-electron chi connectivity index (χ4n) is 6.21. The molecule has 1 aromatic heterocycles. The van der Waals surface area contributed by atoms with Gasteiger partial charge < -0.3 is 15.5 Å². The Morgan fingerprint density at radius 3 is 2.47 bits per heavy atom. The number of benzene rings is 1. The molecule has 7 nitrogen and oxygen atoms in total. The van der Waals surface area contributed by atoms with Crippen molar-refractivity contribution < 1.29 is 19.8 Å². The zero-order valence-electron chi connectivity index (χ0n) is 18.2. The normalized spacial score (nSPS) is 30.4. The summed E-state index contributed by atoms with van der Waals surface area (Å²) in [7, 11) is 0. The Balaban J connectivity index is 1.39. The average Bonchev–Trinajstić information content (AvgIpc) is 3.17. The van der Waals surface area contributed by atoms with Crippen molar-refractivity contribution in [1.82, 2.24) is 15.1 Å². The molecule has 4 saturated carbocycles. The minimum atomic E-state index is -0.974. The van der Waals surface area contributed by atoms with Gasteiger partial charge in [0.1, 0.15) is 5.03 Å². The molecule has 5 atom stereocenters. The van der Waals surface area contributed by atoms with E-state index in [9.17, 15) is 14.7 Å². The van der Waals surface area contributed by atoms with Crippen LogP contribution in [0.25, 0.3) is 5.69 Å². The van der Waals surface area contributed by atoms with E-state index in [1.54, 1.807) is 46.9 Å². The van der Waals surface area contributed by atoms with Gasteiger partial charge in [0.2, 0.25) is 0 Å². The minimum absolute atomic E-state index is 0.110. The van der Waals surface area contributed by atoms with E-state index in [0.717, 1.165) is 55.0 Å². The summed E-state index contributed by atoms with van der Waals surface area (Å²) in [4.78, 5) is 24.5. The van der Waals surface area contributed by atoms with Crippen molar-refractivity contribution in [2.75, 3.05) is 5.75 Å². The van der Waals surface area contributed by atoms with E-state index >= 15 is 0 Å². The fraction of sp³-hybridized carbons (Fsp3) is 0.542. The van der Waals surface area contributed by atoms with Crippen molar-refractivity contribution in [3.05, 3.63) is 41.6 Å². The van der Waals surface area contributed by atoms with Gasteiger partial charge >= 0.3 is 5.97 Å². The maximum atomic E-state index is 13.4. The molecule has 170 valence electrons. The first-order chi connectivity index (χ1) is 15.4. The van der Waals surface area contributed by atoms with Gasteiger partial charge in [-0.3, -0.25) is 4.79 Å². The van der Waals surface area contributed by atoms with Crippen LogP contribution in [0.2, 0.25) is 0 Å². The summed E-state index contributed by atoms with van der Waals surface area (Å²) in [6.45, 7) is 2.09. The number of aromatic nitrogens is 2. The summed E-state index contributed by atoms with van der Waals surface area (Å²) in [5, 5.41) is 28.5. The van der Waals surface area contributed by atoms with Crippen LogP contribution in [0.5, 0.6) is 0 Å². The molecule has 4 bridgehead atoms. The monoisotopic (exact) mass is 455 g/mol. The van der Waals surface area contributed by atoms with Crippen LogP contribution in [0.4, 0.5) is 0 Å². The zero-order chi connectivity index (χ0) is 22.5. The van der Waals surface area contributed by atoms with E-state index < -0.39 is 11.6 Å². The summed E-state index contributed by atoms with van der Waals surface area (Å²) in [5.41, 5.74) is 0.973. The van der Waals surface area contributed by atoms with Gasteiger partial charge in [0, 0.05) is 6.04 Å². The first-order valence-corrected chi connectivity index (χ1v) is 12.4. The van der Waals surface area contributed by atoms with Crippen LogP contribution >= 0.6 is 11.8 Å². The Morgan fingerprint density at radius 2 is 1.88 bits per heavy atom. The molecule has 32 heavy (non-hydrogen) atoms. The number of carboxylic acid groups (broad SMARTS) is 1. The van der Waals surface area contributed by atoms with Gasteiger partial charge in [-0.2, -0.15) is 5.10 Å². The number of thioether (sulfide) groups is 1. The molecule has 4 aliphatic carbocycles. The lowest BCUT2D eigenvalue weighted by Crippen LogP contribution is -2.61. The number of nitrogens with one attached hydrogen (secondary N) is 1. The van der Waals surface area contributed by atoms with E-state index in [1.807, 2.05) is 0 Å². The Labute approximate surface area is 191 Å². The summed E-state index contributed by atoms with van der Waals surface area (Å²) in [5.74, 6) is 1.06. The largest absolute Gasteiger partial charge is 0.478 e. The lowest BCUT2D eigenvalue weighted by Gasteiger charge is -2.58. The maximum absolute atomic E-state index is 13.4. The van der Waals surface area contributed by atoms with Gasteiger partial charge in [-0.1, -0.05) is 6.92 Å². The number of amides is 1. The minimum Gasteiger partial charge on any atom is -0.478 e. The Hall–Kier alpha value is -2.32. The molecule has 1 aromatic carbocycles. The van der Waals surface area contributed by atoms with Crippen LogP contribution < -0.4 is 5.32 Å². The van der Waals surface area contributed by atoms with Crippen LogP contribution in [0, 0.1) is 17.8 Å². The topological polar surface area (TPSA) is 104 Å². The number of nitrogens with zero attached hydrogens (tertiary/aromatic N) is 2. The highest BCUT2D eigenvalue weighted by atomic mass is 32.2. The number of carboxylic acids is 1. The third kappa shape index (κ3) is 3.83. The molecule has 8 heteroatoms. The maximum Gasteiger partial charge on any atom is 0.335 e. The van der Waals surface area contributed by atoms with Crippen LogP contribution in [-0.4, -0.2) is 49.3 Å². The lowest BCUT2D eigenvalue weighted by atomic mass is 9.52. The standard InChI is InChI=1S/C24H29N3O4S/c1-2-7-32-22-19(13-25-27(22)18-5-3-15(4-6-18)23(29)30)21(28)26-20-16-8-14-9-17(20)12-24(31,10-14)11-16/h3-6,13-14,16-17,20,31H,2,7-12H2,1H3,(H,26,28)(H,29,30)/t14?,16-,17+,20+,24-. The van der Waals surface area contributed by atoms with Gasteiger partial charge in [0.15, 0.2) is 0 Å². The Morgan fingerprint density at radius 1 is 1.19 bits per heavy atom. The van der Waals surface area contributed by atoms with E-state index in [0.29, 0.717) is 23.3 Å². The second-order valence-electron chi connectivity index (χ2n) is 9.67. The van der Waals surface area contributed by atoms with Crippen molar-refractivity contribution in [3.63, 3.8) is 0 Å². The summed E-state index contributed by atoms with van der Waals surface area (Å²) >= 11 is 1.59. The molecule has 3 N–H and O–H groups in total. The summed E-state index contributed by atoms with van der Waals surface area (Å²) in [6.07, 6.45) is 7.26. The summed E-state index contributed by atoms with van der Waals surface area (Å²) in [6, 6.07) is 6.64. The fourth-order valence-corrected chi connectivity index (χ4v) is 7.18. The SMILES string of the molecule is CCCSc1c(C(=O)N[C@H]2[C@@H]3CC4C[C@H]2C[C@@](O)(C4)C3)cnn1-c1ccc(C(=O)O)cc1. The van der Waals surface area contributed by atoms with E-state index in [-0.39, 0.29) is 17.5 Å². The third-order valence-corrected chi connectivity index (χ3v) is 8.59. The second-order valence-corrected chi connectivity index (χ2v) is 10.8. The molecule has 0 spiro atoms. The molecule has 0 radical (unpaired) electrons. The first-order valence-electron chi connectivity index (χ1n) is 11.4. The van der Waals surface area contributed by atoms with E-state index in [2.05, 4.69) is 17.3 Å². The number of aromatic carboxylic acids is 1. The molecule has 1 heterocycles. The van der Waals surface area contributed by atoms with E-state index in [1.165, 1.54) is 0 Å². The van der Waals surface area contributed by atoms with Gasteiger partial charge in [0.05, 0.1) is 28.6 Å². The van der Waals surface area contributed by atoms with Crippen LogP contribution in [0.15, 0.2) is 35.5 Å². The zero-order valence-corrected chi connectivity index (χ0v) is 19.0. The Kier molecular flexibility index (Phi) is 5.53. The molecular weight excluding hydrogens is 426 g/mol. The quantitative estimate of drug-likeness (QED) is 0.550. The smallest absolute Gasteiger partial charge is 0.335 e. The number of hydrogen-bond acceptors (Lipinski definition) is 5. The van der Waals surface area contributed by atoms with Crippen LogP contribution in [0.3, 0.4) is 0 Å². The van der Waals surface area contributed by atoms with Crippen molar-refractivity contribution >= 4 is 23.6 Å². The van der Waals surface area contributed by atoms with Crippen LogP contribution in [0.1, 0.15) is 66.2 Å². The number of hydrogen-bond donors (Lipinski definition) is 3. The van der Waals surface area contributed by atoms with E-state index in [4.69, 9.17) is 5.11 Å². The first kappa shape index (κ1) is 21.5. The molecule has 4 aliphatic rings. The average molecular weight is 456 g/mol. The number of carbonyl (C=O) groups excluding carboxylic acids is 1. The molecule has 1 amide bonds. The highest BCUT2D eigenvalue weighted by Gasteiger charge is 2.55. The number of carbonyl (C=O) groups is 2. The molecule has 0 aliphatic heterocycles. The molecule has 4 fully saturated rings. The Bertz CT molecular complexity index is 1020.